The van der Waals surface area contributed by atoms with Crippen LogP contribution in [0.25, 0.3) is 11.3 Å². The molecule has 0 aliphatic heterocycles. The topological polar surface area (TPSA) is 61.0 Å². The van der Waals surface area contributed by atoms with E-state index in [0.717, 1.165) is 22.6 Å². The van der Waals surface area contributed by atoms with E-state index in [1.807, 2.05) is 55.5 Å². The van der Waals surface area contributed by atoms with Gasteiger partial charge in [0.2, 0.25) is 5.95 Å². The Morgan fingerprint density at radius 1 is 0.955 bits per heavy atom. The first-order valence-electron chi connectivity index (χ1n) is 7.13. The number of para-hydroxylation sites is 1. The Labute approximate surface area is 129 Å². The Kier molecular flexibility index (Phi) is 4.01. The summed E-state index contributed by atoms with van der Waals surface area (Å²) in [5.41, 5.74) is 8.46. The molecule has 4 nitrogen and oxygen atoms in total. The number of nitrogens with zero attached hydrogens (tertiary/aromatic N) is 2. The van der Waals surface area contributed by atoms with Gasteiger partial charge in [-0.1, -0.05) is 42.5 Å². The molecular weight excluding hydrogens is 274 g/mol. The van der Waals surface area contributed by atoms with E-state index < -0.39 is 0 Å². The summed E-state index contributed by atoms with van der Waals surface area (Å²) in [4.78, 5) is 8.20. The predicted octanol–water partition coefficient (Wildman–Crippen LogP) is 3.87. The molecule has 0 saturated carbocycles. The highest BCUT2D eigenvalue weighted by Gasteiger charge is 2.12. The molecule has 110 valence electrons. The molecule has 22 heavy (non-hydrogen) atoms. The van der Waals surface area contributed by atoms with Crippen molar-refractivity contribution >= 4 is 5.95 Å². The molecule has 3 aromatic rings. The fourth-order valence-electron chi connectivity index (χ4n) is 2.29. The summed E-state index contributed by atoms with van der Waals surface area (Å²) in [5, 5.41) is 0. The van der Waals surface area contributed by atoms with Crippen molar-refractivity contribution in [3.63, 3.8) is 0 Å². The molecule has 3 rings (SSSR count). The van der Waals surface area contributed by atoms with Crippen LogP contribution in [0.2, 0.25) is 0 Å². The lowest BCUT2D eigenvalue weighted by atomic mass is 10.1. The molecule has 1 atom stereocenters. The first kappa shape index (κ1) is 14.1. The summed E-state index contributed by atoms with van der Waals surface area (Å²) >= 11 is 0. The maximum atomic E-state index is 6.12. The van der Waals surface area contributed by atoms with Crippen molar-refractivity contribution in [3.8, 4) is 17.0 Å². The lowest BCUT2D eigenvalue weighted by molar-refractivity contribution is 0.228. The van der Waals surface area contributed by atoms with E-state index in [1.54, 1.807) is 6.20 Å². The predicted molar refractivity (Wildman–Crippen MR) is 87.4 cm³/mol. The summed E-state index contributed by atoms with van der Waals surface area (Å²) in [7, 11) is 0. The van der Waals surface area contributed by atoms with E-state index in [-0.39, 0.29) is 12.1 Å². The molecule has 0 amide bonds. The molecule has 1 aromatic heterocycles. The van der Waals surface area contributed by atoms with Gasteiger partial charge in [-0.3, -0.25) is 0 Å². The van der Waals surface area contributed by atoms with Gasteiger partial charge in [-0.15, -0.1) is 0 Å². The average molecular weight is 291 g/mol. The van der Waals surface area contributed by atoms with E-state index in [2.05, 4.69) is 22.1 Å². The number of hydrogen-bond donors (Lipinski definition) is 1. The van der Waals surface area contributed by atoms with Gasteiger partial charge in [-0.25, -0.2) is 9.97 Å². The lowest BCUT2D eigenvalue weighted by Gasteiger charge is -2.17. The fraction of sp³-hybridized carbons (Fsp3) is 0.111. The van der Waals surface area contributed by atoms with Gasteiger partial charge >= 0.3 is 0 Å². The molecule has 0 aliphatic carbocycles. The molecule has 0 fully saturated rings. The molecule has 2 N–H and O–H groups in total. The molecule has 0 spiro atoms. The van der Waals surface area contributed by atoms with Crippen LogP contribution in [-0.4, -0.2) is 9.97 Å². The summed E-state index contributed by atoms with van der Waals surface area (Å²) < 4.78 is 6.12. The van der Waals surface area contributed by atoms with Crippen LogP contribution in [0.3, 0.4) is 0 Å². The normalized spacial score (nSPS) is 11.9. The minimum Gasteiger partial charge on any atom is -0.485 e. The van der Waals surface area contributed by atoms with E-state index in [1.165, 1.54) is 0 Å². The molecule has 0 bridgehead atoms. The molecular formula is C18H17N3O. The van der Waals surface area contributed by atoms with Crippen LogP contribution in [0.5, 0.6) is 5.75 Å². The zero-order chi connectivity index (χ0) is 15.4. The van der Waals surface area contributed by atoms with Crippen LogP contribution in [0.15, 0.2) is 66.9 Å². The number of rotatable bonds is 4. The third kappa shape index (κ3) is 3.06. The van der Waals surface area contributed by atoms with Crippen LogP contribution < -0.4 is 10.5 Å². The van der Waals surface area contributed by atoms with E-state index in [4.69, 9.17) is 10.5 Å². The summed E-state index contributed by atoms with van der Waals surface area (Å²) in [6.45, 7) is 2.03. The van der Waals surface area contributed by atoms with Gasteiger partial charge in [0.1, 0.15) is 11.9 Å². The summed E-state index contributed by atoms with van der Waals surface area (Å²) in [6.07, 6.45) is 1.59. The van der Waals surface area contributed by atoms with Gasteiger partial charge in [0.15, 0.2) is 0 Å². The Hall–Kier alpha value is -2.88. The maximum absolute atomic E-state index is 6.12. The molecule has 1 heterocycles. The molecule has 0 saturated heterocycles. The lowest BCUT2D eigenvalue weighted by Crippen LogP contribution is -2.04. The van der Waals surface area contributed by atoms with Gasteiger partial charge in [-0.2, -0.15) is 0 Å². The van der Waals surface area contributed by atoms with Crippen LogP contribution >= 0.6 is 0 Å². The minimum absolute atomic E-state index is 0.0541. The fourth-order valence-corrected chi connectivity index (χ4v) is 2.29. The monoisotopic (exact) mass is 291 g/mol. The smallest absolute Gasteiger partial charge is 0.220 e. The van der Waals surface area contributed by atoms with Crippen molar-refractivity contribution in [2.75, 3.05) is 5.73 Å². The van der Waals surface area contributed by atoms with E-state index in [0.29, 0.717) is 0 Å². The molecule has 0 radical (unpaired) electrons. The van der Waals surface area contributed by atoms with Crippen molar-refractivity contribution < 1.29 is 4.74 Å². The van der Waals surface area contributed by atoms with Crippen molar-refractivity contribution in [1.82, 2.24) is 9.97 Å². The highest BCUT2D eigenvalue weighted by atomic mass is 16.5. The first-order valence-corrected chi connectivity index (χ1v) is 7.13. The summed E-state index contributed by atoms with van der Waals surface area (Å²) in [6, 6.07) is 19.7. The molecule has 1 unspecified atom stereocenters. The highest BCUT2D eigenvalue weighted by Crippen LogP contribution is 2.31. The third-order valence-electron chi connectivity index (χ3n) is 3.41. The zero-order valence-corrected chi connectivity index (χ0v) is 12.3. The van der Waals surface area contributed by atoms with Crippen molar-refractivity contribution in [2.45, 2.75) is 13.0 Å². The standard InChI is InChI=1S/C18H17N3O/c1-13(14-7-3-2-4-8-14)22-17-10-6-5-9-15(17)16-11-12-20-18(19)21-16/h2-13H,1H3,(H2,19,20,21). The summed E-state index contributed by atoms with van der Waals surface area (Å²) in [5.74, 6) is 1.03. The van der Waals surface area contributed by atoms with Crippen molar-refractivity contribution in [2.24, 2.45) is 0 Å². The zero-order valence-electron chi connectivity index (χ0n) is 12.3. The van der Waals surface area contributed by atoms with Gasteiger partial charge in [0.25, 0.3) is 0 Å². The Bertz CT molecular complexity index is 759. The van der Waals surface area contributed by atoms with E-state index >= 15 is 0 Å². The van der Waals surface area contributed by atoms with Gasteiger partial charge in [0, 0.05) is 11.8 Å². The number of hydrogen-bond acceptors (Lipinski definition) is 4. The van der Waals surface area contributed by atoms with Crippen LogP contribution in [-0.2, 0) is 0 Å². The first-order chi connectivity index (χ1) is 10.7. The maximum Gasteiger partial charge on any atom is 0.220 e. The Morgan fingerprint density at radius 3 is 2.45 bits per heavy atom. The number of nitrogens with two attached hydrogens (primary N) is 1. The highest BCUT2D eigenvalue weighted by molar-refractivity contribution is 5.67. The van der Waals surface area contributed by atoms with Crippen LogP contribution in [0, 0.1) is 0 Å². The number of aromatic nitrogens is 2. The number of anilines is 1. The largest absolute Gasteiger partial charge is 0.485 e. The SMILES string of the molecule is CC(Oc1ccccc1-c1ccnc(N)n1)c1ccccc1. The Balaban J connectivity index is 1.92. The second-order valence-electron chi connectivity index (χ2n) is 4.97. The average Bonchev–Trinajstić information content (AvgIpc) is 2.56. The van der Waals surface area contributed by atoms with Crippen LogP contribution in [0.4, 0.5) is 5.95 Å². The van der Waals surface area contributed by atoms with Gasteiger partial charge in [0.05, 0.1) is 5.69 Å². The number of benzene rings is 2. The van der Waals surface area contributed by atoms with Gasteiger partial charge in [-0.05, 0) is 30.7 Å². The molecule has 4 heteroatoms. The minimum atomic E-state index is -0.0541. The quantitative estimate of drug-likeness (QED) is 0.792. The Morgan fingerprint density at radius 2 is 1.68 bits per heavy atom. The van der Waals surface area contributed by atoms with Crippen molar-refractivity contribution in [1.29, 1.82) is 0 Å². The second kappa shape index (κ2) is 6.26. The second-order valence-corrected chi connectivity index (χ2v) is 4.97. The number of nitrogen functional groups attached to an aromatic ring is 1. The third-order valence-corrected chi connectivity index (χ3v) is 3.41. The van der Waals surface area contributed by atoms with E-state index in [9.17, 15) is 0 Å². The van der Waals surface area contributed by atoms with Crippen molar-refractivity contribution in [3.05, 3.63) is 72.4 Å². The molecule has 0 aliphatic rings. The van der Waals surface area contributed by atoms with Gasteiger partial charge < -0.3 is 10.5 Å². The van der Waals surface area contributed by atoms with Crippen LogP contribution in [0.1, 0.15) is 18.6 Å². The number of ether oxygens (including phenoxy) is 1. The molecule has 2 aromatic carbocycles.